The van der Waals surface area contributed by atoms with Gasteiger partial charge in [-0.1, -0.05) is 29.8 Å². The van der Waals surface area contributed by atoms with Crippen LogP contribution in [0.3, 0.4) is 0 Å². The van der Waals surface area contributed by atoms with Crippen molar-refractivity contribution in [3.05, 3.63) is 64.3 Å². The SMILES string of the molecule is COc1cccc2c([C@@H]3C[C@H](CN)c4cc(Cl)ccc43)c[nH]c12. The summed E-state index contributed by atoms with van der Waals surface area (Å²) in [5.74, 6) is 1.58. The lowest BCUT2D eigenvalue weighted by atomic mass is 9.92. The molecule has 0 aliphatic heterocycles. The van der Waals surface area contributed by atoms with Gasteiger partial charge in [-0.3, -0.25) is 0 Å². The second kappa shape index (κ2) is 5.59. The number of aromatic amines is 1. The summed E-state index contributed by atoms with van der Waals surface area (Å²) in [4.78, 5) is 3.38. The second-order valence-corrected chi connectivity index (χ2v) is 6.56. The van der Waals surface area contributed by atoms with Crippen molar-refractivity contribution in [1.29, 1.82) is 0 Å². The van der Waals surface area contributed by atoms with Crippen LogP contribution in [-0.2, 0) is 0 Å². The van der Waals surface area contributed by atoms with Crippen LogP contribution < -0.4 is 10.5 Å². The number of methoxy groups -OCH3 is 1. The average Bonchev–Trinajstić information content (AvgIpc) is 3.15. The molecule has 0 bridgehead atoms. The minimum absolute atomic E-state index is 0.344. The Kier molecular flexibility index (Phi) is 3.55. The molecule has 1 heterocycles. The molecule has 23 heavy (non-hydrogen) atoms. The molecule has 0 saturated heterocycles. The molecule has 3 N–H and O–H groups in total. The van der Waals surface area contributed by atoms with Crippen molar-refractivity contribution in [2.45, 2.75) is 18.3 Å². The van der Waals surface area contributed by atoms with Crippen LogP contribution in [0.25, 0.3) is 10.9 Å². The number of halogens is 1. The minimum atomic E-state index is 0.344. The highest BCUT2D eigenvalue weighted by Crippen LogP contribution is 2.47. The number of nitrogens with two attached hydrogens (primary N) is 1. The minimum Gasteiger partial charge on any atom is -0.495 e. The summed E-state index contributed by atoms with van der Waals surface area (Å²) in [6.45, 7) is 0.648. The Balaban J connectivity index is 1.87. The van der Waals surface area contributed by atoms with Gasteiger partial charge in [0.2, 0.25) is 0 Å². The van der Waals surface area contributed by atoms with E-state index in [9.17, 15) is 0 Å². The summed E-state index contributed by atoms with van der Waals surface area (Å²) in [5.41, 5.74) is 11.0. The van der Waals surface area contributed by atoms with Crippen LogP contribution >= 0.6 is 11.6 Å². The molecule has 1 aromatic heterocycles. The first-order valence-electron chi connectivity index (χ1n) is 7.86. The van der Waals surface area contributed by atoms with Crippen LogP contribution in [0, 0.1) is 0 Å². The van der Waals surface area contributed by atoms with Gasteiger partial charge in [0.25, 0.3) is 0 Å². The number of para-hydroxylation sites is 1. The fourth-order valence-corrected chi connectivity index (χ4v) is 4.06. The second-order valence-electron chi connectivity index (χ2n) is 6.12. The molecule has 4 rings (SSSR count). The standard InChI is InChI=1S/C19H19ClN2O/c1-23-18-4-2-3-14-17(10-22-19(14)18)16-7-11(9-21)15-8-12(20)5-6-13(15)16/h2-6,8,10-11,16,22H,7,9,21H2,1H3/t11-,16-/m1/s1. The highest BCUT2D eigenvalue weighted by molar-refractivity contribution is 6.30. The van der Waals surface area contributed by atoms with Gasteiger partial charge in [-0.15, -0.1) is 0 Å². The normalized spacial score (nSPS) is 20.0. The third kappa shape index (κ3) is 2.23. The molecule has 2 aromatic carbocycles. The Bertz CT molecular complexity index is 871. The number of H-pyrrole nitrogens is 1. The number of fused-ring (bicyclic) bond motifs is 2. The van der Waals surface area contributed by atoms with E-state index in [-0.39, 0.29) is 0 Å². The fraction of sp³-hybridized carbons (Fsp3) is 0.263. The molecular formula is C19H19ClN2O. The summed E-state index contributed by atoms with van der Waals surface area (Å²) >= 11 is 6.19. The van der Waals surface area contributed by atoms with Crippen molar-refractivity contribution < 1.29 is 4.74 Å². The molecule has 118 valence electrons. The van der Waals surface area contributed by atoms with Gasteiger partial charge in [-0.05, 0) is 53.8 Å². The molecule has 1 aliphatic rings. The first kappa shape index (κ1) is 14.6. The average molecular weight is 327 g/mol. The van der Waals surface area contributed by atoms with E-state index in [0.717, 1.165) is 22.7 Å². The Morgan fingerprint density at radius 2 is 2.09 bits per heavy atom. The molecule has 0 amide bonds. The van der Waals surface area contributed by atoms with Crippen LogP contribution in [-0.4, -0.2) is 18.6 Å². The third-order valence-corrected chi connectivity index (χ3v) is 5.21. The summed E-state index contributed by atoms with van der Waals surface area (Å²) in [5, 5.41) is 2.00. The summed E-state index contributed by atoms with van der Waals surface area (Å²) < 4.78 is 5.46. The zero-order valence-corrected chi connectivity index (χ0v) is 13.7. The molecular weight excluding hydrogens is 308 g/mol. The van der Waals surface area contributed by atoms with Crippen LogP contribution in [0.15, 0.2) is 42.6 Å². The third-order valence-electron chi connectivity index (χ3n) is 4.97. The van der Waals surface area contributed by atoms with Crippen molar-refractivity contribution in [3.8, 4) is 5.75 Å². The largest absolute Gasteiger partial charge is 0.495 e. The van der Waals surface area contributed by atoms with Crippen LogP contribution in [0.5, 0.6) is 5.75 Å². The fourth-order valence-electron chi connectivity index (χ4n) is 3.88. The molecule has 1 aliphatic carbocycles. The smallest absolute Gasteiger partial charge is 0.142 e. The van der Waals surface area contributed by atoms with Gasteiger partial charge >= 0.3 is 0 Å². The molecule has 0 spiro atoms. The van der Waals surface area contributed by atoms with Crippen molar-refractivity contribution in [2.75, 3.05) is 13.7 Å². The predicted octanol–water partition coefficient (Wildman–Crippen LogP) is 4.41. The molecule has 0 saturated carbocycles. The predicted molar refractivity (Wildman–Crippen MR) is 94.6 cm³/mol. The van der Waals surface area contributed by atoms with Crippen molar-refractivity contribution in [1.82, 2.24) is 4.98 Å². The number of hydrogen-bond donors (Lipinski definition) is 2. The molecule has 3 nitrogen and oxygen atoms in total. The van der Waals surface area contributed by atoms with Crippen molar-refractivity contribution in [3.63, 3.8) is 0 Å². The quantitative estimate of drug-likeness (QED) is 0.749. The zero-order valence-electron chi connectivity index (χ0n) is 13.0. The van der Waals surface area contributed by atoms with E-state index < -0.39 is 0 Å². The molecule has 4 heteroatoms. The van der Waals surface area contributed by atoms with Gasteiger partial charge in [0.15, 0.2) is 0 Å². The topological polar surface area (TPSA) is 51.0 Å². The zero-order chi connectivity index (χ0) is 16.0. The number of rotatable bonds is 3. The summed E-state index contributed by atoms with van der Waals surface area (Å²) in [6.07, 6.45) is 3.13. The van der Waals surface area contributed by atoms with Crippen LogP contribution in [0.4, 0.5) is 0 Å². The first-order valence-corrected chi connectivity index (χ1v) is 8.24. The van der Waals surface area contributed by atoms with Gasteiger partial charge in [0.05, 0.1) is 12.6 Å². The Hall–Kier alpha value is -1.97. The Morgan fingerprint density at radius 3 is 2.87 bits per heavy atom. The van der Waals surface area contributed by atoms with Crippen molar-refractivity contribution >= 4 is 22.5 Å². The van der Waals surface area contributed by atoms with Gasteiger partial charge in [0.1, 0.15) is 5.75 Å². The van der Waals surface area contributed by atoms with Gasteiger partial charge < -0.3 is 15.5 Å². The van der Waals surface area contributed by atoms with Gasteiger partial charge in [0, 0.05) is 22.5 Å². The molecule has 2 atom stereocenters. The van der Waals surface area contributed by atoms with Gasteiger partial charge in [-0.25, -0.2) is 0 Å². The Labute approximate surface area is 140 Å². The lowest BCUT2D eigenvalue weighted by molar-refractivity contribution is 0.419. The lowest BCUT2D eigenvalue weighted by Gasteiger charge is -2.11. The van der Waals surface area contributed by atoms with E-state index in [1.807, 2.05) is 18.2 Å². The monoisotopic (exact) mass is 326 g/mol. The van der Waals surface area contributed by atoms with E-state index in [4.69, 9.17) is 22.1 Å². The summed E-state index contributed by atoms with van der Waals surface area (Å²) in [7, 11) is 1.70. The maximum atomic E-state index is 6.19. The number of hydrogen-bond acceptors (Lipinski definition) is 2. The molecule has 0 radical (unpaired) electrons. The molecule has 0 fully saturated rings. The highest BCUT2D eigenvalue weighted by Gasteiger charge is 2.32. The summed E-state index contributed by atoms with van der Waals surface area (Å²) in [6, 6.07) is 12.4. The lowest BCUT2D eigenvalue weighted by Crippen LogP contribution is -2.09. The van der Waals surface area contributed by atoms with E-state index >= 15 is 0 Å². The molecule has 3 aromatic rings. The number of aromatic nitrogens is 1. The van der Waals surface area contributed by atoms with E-state index in [0.29, 0.717) is 18.4 Å². The maximum Gasteiger partial charge on any atom is 0.142 e. The van der Waals surface area contributed by atoms with Crippen LogP contribution in [0.1, 0.15) is 34.9 Å². The maximum absolute atomic E-state index is 6.19. The first-order chi connectivity index (χ1) is 11.2. The molecule has 0 unspecified atom stereocenters. The van der Waals surface area contributed by atoms with Crippen molar-refractivity contribution in [2.24, 2.45) is 5.73 Å². The number of benzene rings is 2. The van der Waals surface area contributed by atoms with E-state index in [2.05, 4.69) is 29.4 Å². The van der Waals surface area contributed by atoms with E-state index in [1.165, 1.54) is 22.1 Å². The number of ether oxygens (including phenoxy) is 1. The van der Waals surface area contributed by atoms with E-state index in [1.54, 1.807) is 7.11 Å². The number of nitrogens with one attached hydrogen (secondary N) is 1. The van der Waals surface area contributed by atoms with Crippen LogP contribution in [0.2, 0.25) is 5.02 Å². The Morgan fingerprint density at radius 1 is 1.22 bits per heavy atom. The van der Waals surface area contributed by atoms with Gasteiger partial charge in [-0.2, -0.15) is 0 Å². The highest BCUT2D eigenvalue weighted by atomic mass is 35.5.